The van der Waals surface area contributed by atoms with Crippen LogP contribution >= 0.6 is 0 Å². The van der Waals surface area contributed by atoms with Gasteiger partial charge in [-0.1, -0.05) is 20.8 Å². The number of carbonyl (C=O) groups excluding carboxylic acids is 2. The number of hydrogen-bond acceptors (Lipinski definition) is 3. The highest BCUT2D eigenvalue weighted by molar-refractivity contribution is 5.89. The van der Waals surface area contributed by atoms with Crippen LogP contribution in [0.4, 0.5) is 0 Å². The molecule has 3 N–H and O–H groups in total. The average Bonchev–Trinajstić information content (AvgIpc) is 2.89. The number of fused-ring (bicyclic) bond motifs is 1. The van der Waals surface area contributed by atoms with Crippen LogP contribution in [0, 0.1) is 17.3 Å². The van der Waals surface area contributed by atoms with Gasteiger partial charge < -0.3 is 16.0 Å². The number of amides is 2. The molecule has 5 nitrogen and oxygen atoms in total. The molecule has 1 saturated heterocycles. The van der Waals surface area contributed by atoms with Crippen LogP contribution in [-0.4, -0.2) is 41.9 Å². The Morgan fingerprint density at radius 3 is 2.45 bits per heavy atom. The molecule has 0 aromatic rings. The van der Waals surface area contributed by atoms with E-state index in [1.807, 2.05) is 25.7 Å². The Hall–Kier alpha value is -1.10. The summed E-state index contributed by atoms with van der Waals surface area (Å²) in [6, 6.07) is -0.228. The van der Waals surface area contributed by atoms with E-state index in [1.165, 1.54) is 0 Å². The zero-order valence-corrected chi connectivity index (χ0v) is 13.0. The lowest BCUT2D eigenvalue weighted by atomic mass is 9.95. The lowest BCUT2D eigenvalue weighted by Crippen LogP contribution is -2.49. The second-order valence-corrected chi connectivity index (χ2v) is 7.35. The third kappa shape index (κ3) is 2.97. The number of carbonyl (C=O) groups is 2. The summed E-state index contributed by atoms with van der Waals surface area (Å²) in [6.07, 6.45) is 2.20. The van der Waals surface area contributed by atoms with Crippen LogP contribution in [0.25, 0.3) is 0 Å². The van der Waals surface area contributed by atoms with Crippen LogP contribution in [0.15, 0.2) is 0 Å². The van der Waals surface area contributed by atoms with Crippen LogP contribution in [0.2, 0.25) is 0 Å². The van der Waals surface area contributed by atoms with E-state index in [1.54, 1.807) is 6.92 Å². The molecule has 4 atom stereocenters. The van der Waals surface area contributed by atoms with E-state index < -0.39 is 11.5 Å². The fourth-order valence-corrected chi connectivity index (χ4v) is 3.24. The predicted octanol–water partition coefficient (Wildman–Crippen LogP) is 0.733. The number of likely N-dealkylation sites (tertiary alicyclic amines) is 1. The summed E-state index contributed by atoms with van der Waals surface area (Å²) in [7, 11) is 0. The normalized spacial score (nSPS) is 31.1. The van der Waals surface area contributed by atoms with E-state index in [9.17, 15) is 9.59 Å². The standard InChI is InChI=1S/C15H27N3O2/c1-9(17-14(20)15(2,3)4)13(19)18-7-10-5-6-12(16)11(10)8-18/h9-12H,5-8,16H2,1-4H3,(H,17,20). The second kappa shape index (κ2) is 5.35. The van der Waals surface area contributed by atoms with Crippen molar-refractivity contribution in [1.29, 1.82) is 0 Å². The Labute approximate surface area is 121 Å². The topological polar surface area (TPSA) is 75.4 Å². The molecule has 114 valence electrons. The van der Waals surface area contributed by atoms with Gasteiger partial charge >= 0.3 is 0 Å². The summed E-state index contributed by atoms with van der Waals surface area (Å²) < 4.78 is 0. The van der Waals surface area contributed by atoms with Gasteiger partial charge in [0.2, 0.25) is 11.8 Å². The quantitative estimate of drug-likeness (QED) is 0.783. The van der Waals surface area contributed by atoms with Gasteiger partial charge in [-0.3, -0.25) is 9.59 Å². The van der Waals surface area contributed by atoms with Crippen molar-refractivity contribution in [1.82, 2.24) is 10.2 Å². The van der Waals surface area contributed by atoms with Gasteiger partial charge in [0.05, 0.1) is 0 Å². The minimum atomic E-state index is -0.474. The monoisotopic (exact) mass is 281 g/mol. The van der Waals surface area contributed by atoms with Crippen LogP contribution < -0.4 is 11.1 Å². The van der Waals surface area contributed by atoms with Gasteiger partial charge in [0.1, 0.15) is 6.04 Å². The summed E-state index contributed by atoms with van der Waals surface area (Å²) in [6.45, 7) is 8.85. The SMILES string of the molecule is CC(NC(=O)C(C)(C)C)C(=O)N1CC2CCC(N)C2C1. The molecular weight excluding hydrogens is 254 g/mol. The highest BCUT2D eigenvalue weighted by atomic mass is 16.2. The maximum Gasteiger partial charge on any atom is 0.244 e. The number of nitrogens with one attached hydrogen (secondary N) is 1. The van der Waals surface area contributed by atoms with E-state index in [2.05, 4.69) is 5.32 Å². The van der Waals surface area contributed by atoms with Crippen LogP contribution in [0.1, 0.15) is 40.5 Å². The molecule has 1 aliphatic carbocycles. The van der Waals surface area contributed by atoms with Crippen molar-refractivity contribution in [3.63, 3.8) is 0 Å². The maximum atomic E-state index is 12.4. The molecule has 4 unspecified atom stereocenters. The van der Waals surface area contributed by atoms with Crippen molar-refractivity contribution < 1.29 is 9.59 Å². The third-order valence-electron chi connectivity index (χ3n) is 4.62. The average molecular weight is 281 g/mol. The maximum absolute atomic E-state index is 12.4. The number of hydrogen-bond donors (Lipinski definition) is 2. The summed E-state index contributed by atoms with van der Waals surface area (Å²) in [5.74, 6) is 0.933. The van der Waals surface area contributed by atoms with Gasteiger partial charge in [0.15, 0.2) is 0 Å². The Balaban J connectivity index is 1.91. The molecule has 0 aromatic carbocycles. The van der Waals surface area contributed by atoms with E-state index in [0.29, 0.717) is 11.8 Å². The van der Waals surface area contributed by atoms with Crippen molar-refractivity contribution in [3.05, 3.63) is 0 Å². The number of rotatable bonds is 2. The second-order valence-electron chi connectivity index (χ2n) is 7.35. The lowest BCUT2D eigenvalue weighted by molar-refractivity contribution is -0.137. The third-order valence-corrected chi connectivity index (χ3v) is 4.62. The van der Waals surface area contributed by atoms with Gasteiger partial charge in [-0.05, 0) is 31.6 Å². The minimum Gasteiger partial charge on any atom is -0.344 e. The van der Waals surface area contributed by atoms with E-state index in [0.717, 1.165) is 25.9 Å². The fraction of sp³-hybridized carbons (Fsp3) is 0.867. The summed E-state index contributed by atoms with van der Waals surface area (Å²) >= 11 is 0. The van der Waals surface area contributed by atoms with Crippen LogP contribution in [-0.2, 0) is 9.59 Å². The van der Waals surface area contributed by atoms with Gasteiger partial charge in [-0.15, -0.1) is 0 Å². The highest BCUT2D eigenvalue weighted by Crippen LogP contribution is 2.37. The van der Waals surface area contributed by atoms with Gasteiger partial charge in [0.25, 0.3) is 0 Å². The first-order valence-corrected chi connectivity index (χ1v) is 7.55. The minimum absolute atomic E-state index is 0.0178. The fourth-order valence-electron chi connectivity index (χ4n) is 3.24. The zero-order chi connectivity index (χ0) is 15.1. The zero-order valence-electron chi connectivity index (χ0n) is 13.0. The Kier molecular flexibility index (Phi) is 4.09. The molecule has 1 heterocycles. The Bertz CT molecular complexity index is 402. The van der Waals surface area contributed by atoms with Crippen molar-refractivity contribution in [2.75, 3.05) is 13.1 Å². The molecule has 0 bridgehead atoms. The summed E-state index contributed by atoms with van der Waals surface area (Å²) in [4.78, 5) is 26.2. The van der Waals surface area contributed by atoms with E-state index in [-0.39, 0.29) is 17.9 Å². The molecule has 1 saturated carbocycles. The molecule has 2 amide bonds. The lowest BCUT2D eigenvalue weighted by Gasteiger charge is -2.26. The molecule has 20 heavy (non-hydrogen) atoms. The molecule has 2 fully saturated rings. The van der Waals surface area contributed by atoms with Gasteiger partial charge in [-0.25, -0.2) is 0 Å². The molecule has 2 rings (SSSR count). The Morgan fingerprint density at radius 2 is 1.90 bits per heavy atom. The molecular formula is C15H27N3O2. The van der Waals surface area contributed by atoms with Crippen molar-refractivity contribution in [3.8, 4) is 0 Å². The van der Waals surface area contributed by atoms with Crippen molar-refractivity contribution in [2.24, 2.45) is 23.0 Å². The van der Waals surface area contributed by atoms with Crippen LogP contribution in [0.5, 0.6) is 0 Å². The first-order valence-electron chi connectivity index (χ1n) is 7.55. The van der Waals surface area contributed by atoms with Gasteiger partial charge in [0, 0.05) is 24.5 Å². The Morgan fingerprint density at radius 1 is 1.25 bits per heavy atom. The van der Waals surface area contributed by atoms with E-state index >= 15 is 0 Å². The molecule has 0 spiro atoms. The van der Waals surface area contributed by atoms with E-state index in [4.69, 9.17) is 5.73 Å². The van der Waals surface area contributed by atoms with Gasteiger partial charge in [-0.2, -0.15) is 0 Å². The highest BCUT2D eigenvalue weighted by Gasteiger charge is 2.43. The summed E-state index contributed by atoms with van der Waals surface area (Å²) in [5.41, 5.74) is 5.61. The molecule has 1 aliphatic heterocycles. The van der Waals surface area contributed by atoms with Crippen LogP contribution in [0.3, 0.4) is 0 Å². The molecule has 2 aliphatic rings. The molecule has 5 heteroatoms. The predicted molar refractivity (Wildman–Crippen MR) is 77.8 cm³/mol. The first kappa shape index (κ1) is 15.3. The molecule has 0 radical (unpaired) electrons. The number of nitrogens with zero attached hydrogens (tertiary/aromatic N) is 1. The largest absolute Gasteiger partial charge is 0.344 e. The molecule has 0 aromatic heterocycles. The smallest absolute Gasteiger partial charge is 0.244 e. The number of nitrogens with two attached hydrogens (primary N) is 1. The van der Waals surface area contributed by atoms with Crippen molar-refractivity contribution >= 4 is 11.8 Å². The summed E-state index contributed by atoms with van der Waals surface area (Å²) in [5, 5.41) is 2.81. The van der Waals surface area contributed by atoms with Crippen molar-refractivity contribution in [2.45, 2.75) is 52.6 Å². The first-order chi connectivity index (χ1) is 9.20.